The van der Waals surface area contributed by atoms with Gasteiger partial charge in [0.1, 0.15) is 6.04 Å². The molecular weight excluding hydrogens is 348 g/mol. The summed E-state index contributed by atoms with van der Waals surface area (Å²) in [5, 5.41) is 9.90. The molecule has 8 heteroatoms. The van der Waals surface area contributed by atoms with Gasteiger partial charge in [-0.3, -0.25) is 19.7 Å². The lowest BCUT2D eigenvalue weighted by molar-refractivity contribution is -0.124. The molecule has 3 rings (SSSR count). The van der Waals surface area contributed by atoms with Crippen molar-refractivity contribution in [1.29, 1.82) is 0 Å². The van der Waals surface area contributed by atoms with Crippen molar-refractivity contribution in [1.82, 2.24) is 10.6 Å². The highest BCUT2D eigenvalue weighted by atomic mass is 16.2. The quantitative estimate of drug-likeness (QED) is 0.604. The summed E-state index contributed by atoms with van der Waals surface area (Å²) in [5.74, 6) is -1.31. The zero-order chi connectivity index (χ0) is 19.4. The van der Waals surface area contributed by atoms with Crippen molar-refractivity contribution in [2.24, 2.45) is 0 Å². The van der Waals surface area contributed by atoms with Gasteiger partial charge in [0.2, 0.25) is 5.91 Å². The third kappa shape index (κ3) is 4.49. The van der Waals surface area contributed by atoms with Crippen molar-refractivity contribution in [2.45, 2.75) is 19.4 Å². The van der Waals surface area contributed by atoms with Gasteiger partial charge in [0.05, 0.1) is 17.8 Å². The summed E-state index contributed by atoms with van der Waals surface area (Å²) in [4.78, 5) is 47.4. The monoisotopic (exact) mass is 366 g/mol. The number of carbonyl (C=O) groups excluding carboxylic acids is 4. The molecule has 0 aromatic heterocycles. The molecule has 1 fully saturated rings. The van der Waals surface area contributed by atoms with Crippen LogP contribution in [0.1, 0.15) is 22.3 Å². The highest BCUT2D eigenvalue weighted by Gasteiger charge is 2.31. The zero-order valence-electron chi connectivity index (χ0n) is 14.5. The van der Waals surface area contributed by atoms with Gasteiger partial charge in [0.15, 0.2) is 0 Å². The van der Waals surface area contributed by atoms with Crippen molar-refractivity contribution < 1.29 is 19.2 Å². The fraction of sp³-hybridized carbons (Fsp3) is 0.158. The van der Waals surface area contributed by atoms with Gasteiger partial charge < -0.3 is 16.0 Å². The number of nitrogens with one attached hydrogen (secondary N) is 4. The van der Waals surface area contributed by atoms with Gasteiger partial charge in [0, 0.05) is 5.56 Å². The Morgan fingerprint density at radius 1 is 1.00 bits per heavy atom. The molecule has 0 spiro atoms. The van der Waals surface area contributed by atoms with Crippen molar-refractivity contribution in [3.05, 3.63) is 59.7 Å². The molecule has 2 aromatic rings. The Kier molecular flexibility index (Phi) is 5.16. The number of hydrogen-bond acceptors (Lipinski definition) is 4. The Balaban J connectivity index is 1.72. The van der Waals surface area contributed by atoms with Gasteiger partial charge in [-0.05, 0) is 36.8 Å². The summed E-state index contributed by atoms with van der Waals surface area (Å²) < 4.78 is 0. The van der Waals surface area contributed by atoms with E-state index < -0.39 is 23.9 Å². The van der Waals surface area contributed by atoms with Crippen LogP contribution >= 0.6 is 0 Å². The van der Waals surface area contributed by atoms with E-state index in [1.54, 1.807) is 42.5 Å². The predicted octanol–water partition coefficient (Wildman–Crippen LogP) is 1.78. The molecule has 0 unspecified atom stereocenters. The van der Waals surface area contributed by atoms with Crippen LogP contribution in [0.15, 0.2) is 48.5 Å². The summed E-state index contributed by atoms with van der Waals surface area (Å²) in [6, 6.07) is 12.4. The highest BCUT2D eigenvalue weighted by Crippen LogP contribution is 2.24. The first-order valence-electron chi connectivity index (χ1n) is 8.30. The SMILES string of the molecule is Cc1ccc(NC(=O)c2ccccc2)c(NC(=O)C[C@H]2NC(=O)NC2=O)c1. The molecule has 0 bridgehead atoms. The van der Waals surface area contributed by atoms with Gasteiger partial charge in [0.25, 0.3) is 11.8 Å². The second-order valence-electron chi connectivity index (χ2n) is 6.14. The minimum absolute atomic E-state index is 0.211. The Morgan fingerprint density at radius 2 is 1.74 bits per heavy atom. The second kappa shape index (κ2) is 7.69. The van der Waals surface area contributed by atoms with E-state index in [4.69, 9.17) is 0 Å². The van der Waals surface area contributed by atoms with Crippen LogP contribution in [0, 0.1) is 6.92 Å². The van der Waals surface area contributed by atoms with Crippen molar-refractivity contribution in [2.75, 3.05) is 10.6 Å². The summed E-state index contributed by atoms with van der Waals surface area (Å²) in [7, 11) is 0. The molecule has 4 N–H and O–H groups in total. The van der Waals surface area contributed by atoms with Crippen LogP contribution in [0.25, 0.3) is 0 Å². The molecule has 1 heterocycles. The minimum atomic E-state index is -0.912. The fourth-order valence-electron chi connectivity index (χ4n) is 2.64. The summed E-state index contributed by atoms with van der Waals surface area (Å²) >= 11 is 0. The van der Waals surface area contributed by atoms with E-state index in [0.29, 0.717) is 16.9 Å². The lowest BCUT2D eigenvalue weighted by Gasteiger charge is -2.14. The molecular formula is C19H18N4O4. The minimum Gasteiger partial charge on any atom is -0.325 e. The standard InChI is InChI=1S/C19H18N4O4/c1-11-7-8-13(21-17(25)12-5-3-2-4-6-12)14(9-11)20-16(24)10-15-18(26)23-19(27)22-15/h2-9,15H,10H2,1H3,(H,20,24)(H,21,25)(H2,22,23,26,27)/t15-/m1/s1. The lowest BCUT2D eigenvalue weighted by Crippen LogP contribution is -2.33. The first kappa shape index (κ1) is 18.1. The van der Waals surface area contributed by atoms with Gasteiger partial charge in [-0.2, -0.15) is 0 Å². The third-order valence-electron chi connectivity index (χ3n) is 3.98. The Morgan fingerprint density at radius 3 is 2.41 bits per heavy atom. The van der Waals surface area contributed by atoms with E-state index in [1.807, 2.05) is 13.0 Å². The van der Waals surface area contributed by atoms with E-state index in [9.17, 15) is 19.2 Å². The summed E-state index contributed by atoms with van der Waals surface area (Å²) in [6.07, 6.45) is -0.211. The van der Waals surface area contributed by atoms with Crippen LogP contribution in [0.3, 0.4) is 0 Å². The Hall–Kier alpha value is -3.68. The molecule has 138 valence electrons. The van der Waals surface area contributed by atoms with Crippen LogP contribution in [-0.4, -0.2) is 29.8 Å². The predicted molar refractivity (Wildman–Crippen MR) is 99.3 cm³/mol. The Bertz CT molecular complexity index is 911. The number of aryl methyl sites for hydroxylation is 1. The molecule has 0 saturated carbocycles. The van der Waals surface area contributed by atoms with Gasteiger partial charge in [-0.25, -0.2) is 4.79 Å². The molecule has 1 saturated heterocycles. The van der Waals surface area contributed by atoms with Crippen LogP contribution in [-0.2, 0) is 9.59 Å². The number of rotatable bonds is 5. The van der Waals surface area contributed by atoms with Gasteiger partial charge in [-0.15, -0.1) is 0 Å². The number of carbonyl (C=O) groups is 4. The van der Waals surface area contributed by atoms with Crippen LogP contribution in [0.4, 0.5) is 16.2 Å². The largest absolute Gasteiger partial charge is 0.325 e. The molecule has 5 amide bonds. The average Bonchev–Trinajstić information content (AvgIpc) is 2.95. The molecule has 1 aliphatic heterocycles. The number of urea groups is 1. The second-order valence-corrected chi connectivity index (χ2v) is 6.14. The number of hydrogen-bond donors (Lipinski definition) is 4. The molecule has 0 aliphatic carbocycles. The maximum Gasteiger partial charge on any atom is 0.322 e. The first-order chi connectivity index (χ1) is 12.9. The van der Waals surface area contributed by atoms with E-state index in [0.717, 1.165) is 5.56 Å². The van der Waals surface area contributed by atoms with Crippen LogP contribution in [0.2, 0.25) is 0 Å². The van der Waals surface area contributed by atoms with Crippen molar-refractivity contribution >= 4 is 35.1 Å². The summed E-state index contributed by atoms with van der Waals surface area (Å²) in [6.45, 7) is 1.85. The number of anilines is 2. The average molecular weight is 366 g/mol. The number of benzene rings is 2. The van der Waals surface area contributed by atoms with Crippen LogP contribution in [0.5, 0.6) is 0 Å². The third-order valence-corrected chi connectivity index (χ3v) is 3.98. The smallest absolute Gasteiger partial charge is 0.322 e. The molecule has 8 nitrogen and oxygen atoms in total. The number of amides is 5. The summed E-state index contributed by atoms with van der Waals surface area (Å²) in [5.41, 5.74) is 2.22. The van der Waals surface area contributed by atoms with Gasteiger partial charge in [-0.1, -0.05) is 24.3 Å². The molecule has 27 heavy (non-hydrogen) atoms. The molecule has 1 aliphatic rings. The van der Waals surface area contributed by atoms with Gasteiger partial charge >= 0.3 is 6.03 Å². The Labute approximate surface area is 155 Å². The van der Waals surface area contributed by atoms with Crippen LogP contribution < -0.4 is 21.3 Å². The topological polar surface area (TPSA) is 116 Å². The molecule has 2 aromatic carbocycles. The van der Waals surface area contributed by atoms with E-state index in [-0.39, 0.29) is 12.3 Å². The maximum absolute atomic E-state index is 12.4. The first-order valence-corrected chi connectivity index (χ1v) is 8.30. The fourth-order valence-corrected chi connectivity index (χ4v) is 2.64. The highest BCUT2D eigenvalue weighted by molar-refractivity contribution is 6.09. The van der Waals surface area contributed by atoms with Crippen molar-refractivity contribution in [3.8, 4) is 0 Å². The van der Waals surface area contributed by atoms with E-state index >= 15 is 0 Å². The van der Waals surface area contributed by atoms with E-state index in [1.165, 1.54) is 0 Å². The molecule has 0 radical (unpaired) electrons. The normalized spacial score (nSPS) is 15.7. The van der Waals surface area contributed by atoms with Crippen molar-refractivity contribution in [3.63, 3.8) is 0 Å². The van der Waals surface area contributed by atoms with E-state index in [2.05, 4.69) is 21.3 Å². The number of imide groups is 1. The molecule has 1 atom stereocenters. The lowest BCUT2D eigenvalue weighted by atomic mass is 10.1. The maximum atomic E-state index is 12.4. The zero-order valence-corrected chi connectivity index (χ0v) is 14.5.